The van der Waals surface area contributed by atoms with Crippen LogP contribution in [0.2, 0.25) is 0 Å². The molecule has 1 heterocycles. The summed E-state index contributed by atoms with van der Waals surface area (Å²) in [6, 6.07) is 9.61. The highest BCUT2D eigenvalue weighted by atomic mass is 79.9. The number of halogens is 1. The van der Waals surface area contributed by atoms with E-state index in [1.165, 1.54) is 22.9 Å². The number of hydrogen-bond acceptors (Lipinski definition) is 2. The standard InChI is InChI=1S/C18H25BrN2/c1-3-7-16(4-2)20-17-10-12-21(13-11-17)14-15-8-5-6-9-18(15)19/h1,5-6,8-9,16-17,20H,4,7,10-14H2,2H3/t16-/m0/s1. The Morgan fingerprint density at radius 2 is 2.10 bits per heavy atom. The largest absolute Gasteiger partial charge is 0.310 e. The van der Waals surface area contributed by atoms with Crippen molar-refractivity contribution in [1.82, 2.24) is 10.2 Å². The van der Waals surface area contributed by atoms with Crippen LogP contribution in [-0.2, 0) is 6.54 Å². The summed E-state index contributed by atoms with van der Waals surface area (Å²) in [6.07, 6.45) is 9.81. The molecule has 1 aliphatic rings. The van der Waals surface area contributed by atoms with Crippen molar-refractivity contribution in [2.75, 3.05) is 13.1 Å². The summed E-state index contributed by atoms with van der Waals surface area (Å²) in [7, 11) is 0. The van der Waals surface area contributed by atoms with Gasteiger partial charge in [-0.05, 0) is 44.0 Å². The molecule has 0 saturated carbocycles. The van der Waals surface area contributed by atoms with E-state index < -0.39 is 0 Å². The fraction of sp³-hybridized carbons (Fsp3) is 0.556. The second-order valence-corrected chi connectivity index (χ2v) is 6.68. The van der Waals surface area contributed by atoms with Gasteiger partial charge in [-0.2, -0.15) is 0 Å². The Morgan fingerprint density at radius 3 is 2.71 bits per heavy atom. The van der Waals surface area contributed by atoms with Gasteiger partial charge in [0.2, 0.25) is 0 Å². The molecule has 21 heavy (non-hydrogen) atoms. The van der Waals surface area contributed by atoms with Crippen molar-refractivity contribution >= 4 is 15.9 Å². The average molecular weight is 349 g/mol. The van der Waals surface area contributed by atoms with Gasteiger partial charge in [0.15, 0.2) is 0 Å². The van der Waals surface area contributed by atoms with Gasteiger partial charge in [-0.1, -0.05) is 41.1 Å². The number of rotatable bonds is 6. The van der Waals surface area contributed by atoms with Crippen LogP contribution in [0.1, 0.15) is 38.2 Å². The zero-order valence-electron chi connectivity index (χ0n) is 12.8. The van der Waals surface area contributed by atoms with E-state index in [0.717, 1.165) is 32.5 Å². The summed E-state index contributed by atoms with van der Waals surface area (Å²) in [5.74, 6) is 2.78. The van der Waals surface area contributed by atoms with Gasteiger partial charge in [0, 0.05) is 29.5 Å². The summed E-state index contributed by atoms with van der Waals surface area (Å²) >= 11 is 3.64. The summed E-state index contributed by atoms with van der Waals surface area (Å²) in [5, 5.41) is 3.72. The number of terminal acetylenes is 1. The van der Waals surface area contributed by atoms with Crippen molar-refractivity contribution in [3.63, 3.8) is 0 Å². The molecule has 0 unspecified atom stereocenters. The van der Waals surface area contributed by atoms with Gasteiger partial charge >= 0.3 is 0 Å². The molecule has 1 aromatic rings. The Morgan fingerprint density at radius 1 is 1.38 bits per heavy atom. The molecule has 2 nitrogen and oxygen atoms in total. The Bertz CT molecular complexity index is 472. The third-order valence-corrected chi connectivity index (χ3v) is 5.04. The minimum absolute atomic E-state index is 0.481. The first-order chi connectivity index (χ1) is 10.2. The number of nitrogens with zero attached hydrogens (tertiary/aromatic N) is 1. The second-order valence-electron chi connectivity index (χ2n) is 5.82. The van der Waals surface area contributed by atoms with Crippen LogP contribution in [0.25, 0.3) is 0 Å². The lowest BCUT2D eigenvalue weighted by Crippen LogP contribution is -2.45. The molecule has 0 spiro atoms. The SMILES string of the molecule is C#CC[C@H](CC)NC1CCN(Cc2ccccc2Br)CC1. The van der Waals surface area contributed by atoms with Crippen LogP contribution in [-0.4, -0.2) is 30.1 Å². The van der Waals surface area contributed by atoms with E-state index in [-0.39, 0.29) is 0 Å². The van der Waals surface area contributed by atoms with Crippen LogP contribution >= 0.6 is 15.9 Å². The lowest BCUT2D eigenvalue weighted by Gasteiger charge is -2.34. The smallest absolute Gasteiger partial charge is 0.0244 e. The monoisotopic (exact) mass is 348 g/mol. The fourth-order valence-corrected chi connectivity index (χ4v) is 3.33. The number of piperidine rings is 1. The van der Waals surface area contributed by atoms with Gasteiger partial charge in [0.05, 0.1) is 0 Å². The molecule has 2 rings (SSSR count). The molecule has 3 heteroatoms. The van der Waals surface area contributed by atoms with Gasteiger partial charge < -0.3 is 5.32 Å². The number of likely N-dealkylation sites (tertiary alicyclic amines) is 1. The molecule has 1 aromatic carbocycles. The minimum Gasteiger partial charge on any atom is -0.310 e. The predicted molar refractivity (Wildman–Crippen MR) is 93.1 cm³/mol. The van der Waals surface area contributed by atoms with E-state index in [2.05, 4.69) is 63.3 Å². The van der Waals surface area contributed by atoms with E-state index in [1.807, 2.05) is 0 Å². The summed E-state index contributed by atoms with van der Waals surface area (Å²) in [4.78, 5) is 2.54. The maximum atomic E-state index is 5.43. The summed E-state index contributed by atoms with van der Waals surface area (Å²) in [5.41, 5.74) is 1.38. The summed E-state index contributed by atoms with van der Waals surface area (Å²) in [6.45, 7) is 5.56. The molecule has 0 aromatic heterocycles. The van der Waals surface area contributed by atoms with Crippen molar-refractivity contribution in [3.8, 4) is 12.3 Å². The second kappa shape index (κ2) is 8.58. The van der Waals surface area contributed by atoms with Crippen molar-refractivity contribution in [1.29, 1.82) is 0 Å². The Labute approximate surface area is 137 Å². The molecule has 0 amide bonds. The van der Waals surface area contributed by atoms with Crippen molar-refractivity contribution in [2.24, 2.45) is 0 Å². The molecule has 114 valence electrons. The van der Waals surface area contributed by atoms with E-state index in [0.29, 0.717) is 12.1 Å². The molecular formula is C18H25BrN2. The third-order valence-electron chi connectivity index (χ3n) is 4.27. The number of benzene rings is 1. The third kappa shape index (κ3) is 5.14. The first kappa shape index (κ1) is 16.5. The summed E-state index contributed by atoms with van der Waals surface area (Å²) < 4.78 is 1.21. The molecule has 0 aliphatic carbocycles. The molecule has 1 aliphatic heterocycles. The number of hydrogen-bond donors (Lipinski definition) is 1. The highest BCUT2D eigenvalue weighted by molar-refractivity contribution is 9.10. The van der Waals surface area contributed by atoms with Crippen molar-refractivity contribution in [2.45, 2.75) is 51.2 Å². The van der Waals surface area contributed by atoms with Crippen LogP contribution < -0.4 is 5.32 Å². The lowest BCUT2D eigenvalue weighted by molar-refractivity contribution is 0.183. The van der Waals surface area contributed by atoms with E-state index in [4.69, 9.17) is 6.42 Å². The van der Waals surface area contributed by atoms with E-state index >= 15 is 0 Å². The van der Waals surface area contributed by atoms with Crippen molar-refractivity contribution in [3.05, 3.63) is 34.3 Å². The van der Waals surface area contributed by atoms with E-state index in [1.54, 1.807) is 0 Å². The lowest BCUT2D eigenvalue weighted by atomic mass is 10.0. The van der Waals surface area contributed by atoms with Gasteiger partial charge in [-0.3, -0.25) is 4.90 Å². The normalized spacial score (nSPS) is 18.3. The predicted octanol–water partition coefficient (Wildman–Crippen LogP) is 3.81. The highest BCUT2D eigenvalue weighted by Gasteiger charge is 2.21. The molecular weight excluding hydrogens is 324 g/mol. The molecule has 1 N–H and O–H groups in total. The average Bonchev–Trinajstić information content (AvgIpc) is 2.51. The first-order valence-electron chi connectivity index (χ1n) is 7.88. The highest BCUT2D eigenvalue weighted by Crippen LogP contribution is 2.20. The molecule has 1 saturated heterocycles. The maximum Gasteiger partial charge on any atom is 0.0244 e. The maximum absolute atomic E-state index is 5.43. The van der Waals surface area contributed by atoms with Crippen LogP contribution in [0, 0.1) is 12.3 Å². The van der Waals surface area contributed by atoms with E-state index in [9.17, 15) is 0 Å². The van der Waals surface area contributed by atoms with Gasteiger partial charge in [0.25, 0.3) is 0 Å². The van der Waals surface area contributed by atoms with Crippen LogP contribution in [0.15, 0.2) is 28.7 Å². The van der Waals surface area contributed by atoms with Crippen LogP contribution in [0.4, 0.5) is 0 Å². The topological polar surface area (TPSA) is 15.3 Å². The zero-order chi connectivity index (χ0) is 15.1. The van der Waals surface area contributed by atoms with Gasteiger partial charge in [-0.25, -0.2) is 0 Å². The van der Waals surface area contributed by atoms with Gasteiger partial charge in [-0.15, -0.1) is 12.3 Å². The van der Waals surface area contributed by atoms with Crippen LogP contribution in [0.5, 0.6) is 0 Å². The Hall–Kier alpha value is -0.820. The quantitative estimate of drug-likeness (QED) is 0.786. The van der Waals surface area contributed by atoms with Crippen molar-refractivity contribution < 1.29 is 0 Å². The first-order valence-corrected chi connectivity index (χ1v) is 8.67. The molecule has 1 atom stereocenters. The zero-order valence-corrected chi connectivity index (χ0v) is 14.4. The minimum atomic E-state index is 0.481. The fourth-order valence-electron chi connectivity index (χ4n) is 2.92. The van der Waals surface area contributed by atoms with Crippen LogP contribution in [0.3, 0.4) is 0 Å². The Kier molecular flexibility index (Phi) is 6.76. The van der Waals surface area contributed by atoms with Gasteiger partial charge in [0.1, 0.15) is 0 Å². The number of nitrogens with one attached hydrogen (secondary N) is 1. The molecule has 0 bridgehead atoms. The molecule has 1 fully saturated rings. The molecule has 0 radical (unpaired) electrons. The Balaban J connectivity index is 1.78.